The molecule has 0 aliphatic carbocycles. The molecule has 4 rings (SSSR count). The van der Waals surface area contributed by atoms with Crippen molar-refractivity contribution in [1.82, 2.24) is 5.32 Å². The number of carbonyl (C=O) groups excluding carboxylic acids is 3. The minimum atomic E-state index is -0.892. The lowest BCUT2D eigenvalue weighted by Gasteiger charge is -2.32. The summed E-state index contributed by atoms with van der Waals surface area (Å²) < 4.78 is 0. The maximum atomic E-state index is 14.4. The average Bonchev–Trinajstić information content (AvgIpc) is 2.97. The second-order valence-corrected chi connectivity index (χ2v) is 11.9. The molecule has 0 saturated carbocycles. The Labute approximate surface area is 232 Å². The van der Waals surface area contributed by atoms with Gasteiger partial charge in [-0.15, -0.1) is 0 Å². The molecule has 3 aromatic carbocycles. The summed E-state index contributed by atoms with van der Waals surface area (Å²) in [5.74, 6) is -0.829. The van der Waals surface area contributed by atoms with Crippen molar-refractivity contribution in [2.24, 2.45) is 5.92 Å². The fourth-order valence-corrected chi connectivity index (χ4v) is 5.37. The third-order valence-electron chi connectivity index (χ3n) is 8.10. The predicted octanol–water partition coefficient (Wildman–Crippen LogP) is 6.26. The number of hydrogen-bond donors (Lipinski definition) is 1. The summed E-state index contributed by atoms with van der Waals surface area (Å²) in [6.07, 6.45) is 0.658. The fraction of sp³-hybridized carbons (Fsp3) is 0.424. The minimum Gasteiger partial charge on any atom is -0.342 e. The minimum absolute atomic E-state index is 0.154. The Morgan fingerprint density at radius 1 is 1.03 bits per heavy atom. The number of nitrogens with zero attached hydrogens (tertiary/aromatic N) is 2. The van der Waals surface area contributed by atoms with Crippen molar-refractivity contribution in [3.05, 3.63) is 71.3 Å². The van der Waals surface area contributed by atoms with Gasteiger partial charge in [-0.25, -0.2) is 0 Å². The second kappa shape index (κ2) is 10.8. The number of carbonyl (C=O) groups is 3. The zero-order valence-corrected chi connectivity index (χ0v) is 24.5. The van der Waals surface area contributed by atoms with E-state index in [-0.39, 0.29) is 29.1 Å². The molecule has 6 nitrogen and oxygen atoms in total. The van der Waals surface area contributed by atoms with E-state index < -0.39 is 12.1 Å². The fourth-order valence-electron chi connectivity index (χ4n) is 5.37. The number of nitrogens with one attached hydrogen (secondary N) is 1. The maximum Gasteiger partial charge on any atom is 0.252 e. The Kier molecular flexibility index (Phi) is 7.87. The van der Waals surface area contributed by atoms with Crippen LogP contribution in [0.4, 0.5) is 11.4 Å². The van der Waals surface area contributed by atoms with Gasteiger partial charge in [0.15, 0.2) is 0 Å². The average molecular weight is 528 g/mol. The number of aryl methyl sites for hydroxylation is 1. The Bertz CT molecular complexity index is 1420. The van der Waals surface area contributed by atoms with E-state index in [9.17, 15) is 14.4 Å². The quantitative estimate of drug-likeness (QED) is 0.425. The second-order valence-electron chi connectivity index (χ2n) is 11.9. The molecule has 206 valence electrons. The first kappa shape index (κ1) is 28.3. The molecule has 39 heavy (non-hydrogen) atoms. The molecule has 0 radical (unpaired) electrons. The van der Waals surface area contributed by atoms with Crippen molar-refractivity contribution in [2.45, 2.75) is 85.9 Å². The summed E-state index contributed by atoms with van der Waals surface area (Å²) in [6.45, 7) is 15.9. The van der Waals surface area contributed by atoms with Crippen molar-refractivity contribution in [2.75, 3.05) is 9.80 Å². The van der Waals surface area contributed by atoms with Gasteiger partial charge in [0.05, 0.1) is 24.0 Å². The highest BCUT2D eigenvalue weighted by Crippen LogP contribution is 2.40. The standard InChI is InChI=1S/C33H41N3O3/c1-9-20(2)31(38)34-30-22(4)36(23(5)37)29-18-25(33(6,7)8)16-17-28(29)35(32(30)39)19-27-21(3)14-15-24-12-10-11-13-26(24)27/h10-18,20,22,30H,9,19H2,1-8H3,(H,34,38)/t20-,22-,30?/m0/s1. The van der Waals surface area contributed by atoms with Crippen LogP contribution in [0.15, 0.2) is 54.6 Å². The van der Waals surface area contributed by atoms with Crippen LogP contribution in [0.25, 0.3) is 10.8 Å². The molecule has 0 spiro atoms. The first-order valence-electron chi connectivity index (χ1n) is 13.9. The van der Waals surface area contributed by atoms with E-state index in [2.05, 4.69) is 57.3 Å². The third kappa shape index (κ3) is 5.42. The highest BCUT2D eigenvalue weighted by atomic mass is 16.2. The van der Waals surface area contributed by atoms with E-state index in [0.717, 1.165) is 27.5 Å². The van der Waals surface area contributed by atoms with Gasteiger partial charge >= 0.3 is 0 Å². The Balaban J connectivity index is 1.94. The summed E-state index contributed by atoms with van der Waals surface area (Å²) in [6, 6.07) is 16.9. The first-order chi connectivity index (χ1) is 18.3. The molecule has 1 unspecified atom stereocenters. The van der Waals surface area contributed by atoms with Crippen molar-refractivity contribution in [1.29, 1.82) is 0 Å². The molecular weight excluding hydrogens is 486 g/mol. The Morgan fingerprint density at radius 3 is 2.36 bits per heavy atom. The highest BCUT2D eigenvalue weighted by Gasteiger charge is 2.42. The normalized spacial score (nSPS) is 18.5. The molecule has 1 aliphatic heterocycles. The lowest BCUT2D eigenvalue weighted by atomic mass is 9.86. The van der Waals surface area contributed by atoms with Crippen LogP contribution in [-0.4, -0.2) is 29.8 Å². The largest absolute Gasteiger partial charge is 0.342 e. The molecule has 3 aromatic rings. The molecule has 3 atom stereocenters. The number of rotatable bonds is 5. The van der Waals surface area contributed by atoms with Gasteiger partial charge in [-0.3, -0.25) is 14.4 Å². The lowest BCUT2D eigenvalue weighted by molar-refractivity contribution is -0.130. The van der Waals surface area contributed by atoms with Crippen LogP contribution in [0.3, 0.4) is 0 Å². The van der Waals surface area contributed by atoms with Crippen molar-refractivity contribution in [3.8, 4) is 0 Å². The molecule has 0 bridgehead atoms. The zero-order valence-electron chi connectivity index (χ0n) is 24.5. The van der Waals surface area contributed by atoms with Gasteiger partial charge in [0.25, 0.3) is 5.91 Å². The van der Waals surface area contributed by atoms with E-state index in [1.165, 1.54) is 6.92 Å². The molecule has 0 fully saturated rings. The predicted molar refractivity (Wildman–Crippen MR) is 159 cm³/mol. The molecule has 1 heterocycles. The number of hydrogen-bond acceptors (Lipinski definition) is 3. The van der Waals surface area contributed by atoms with Gasteiger partial charge in [0.2, 0.25) is 11.8 Å². The number of benzene rings is 3. The number of anilines is 2. The Hall–Kier alpha value is -3.67. The van der Waals surface area contributed by atoms with Crippen molar-refractivity contribution in [3.63, 3.8) is 0 Å². The van der Waals surface area contributed by atoms with E-state index >= 15 is 0 Å². The molecule has 6 heteroatoms. The van der Waals surface area contributed by atoms with Gasteiger partial charge in [-0.1, -0.05) is 77.1 Å². The van der Waals surface area contributed by atoms with Crippen LogP contribution in [-0.2, 0) is 26.3 Å². The molecule has 1 N–H and O–H groups in total. The van der Waals surface area contributed by atoms with Crippen LogP contribution in [0.2, 0.25) is 0 Å². The Morgan fingerprint density at radius 2 is 1.72 bits per heavy atom. The zero-order chi connectivity index (χ0) is 28.6. The van der Waals surface area contributed by atoms with Gasteiger partial charge < -0.3 is 15.1 Å². The molecular formula is C33H41N3O3. The van der Waals surface area contributed by atoms with Crippen LogP contribution in [0.5, 0.6) is 0 Å². The highest BCUT2D eigenvalue weighted by molar-refractivity contribution is 6.08. The third-order valence-corrected chi connectivity index (χ3v) is 8.10. The van der Waals surface area contributed by atoms with Crippen molar-refractivity contribution >= 4 is 39.9 Å². The van der Waals surface area contributed by atoms with Gasteiger partial charge in [0.1, 0.15) is 6.04 Å². The smallest absolute Gasteiger partial charge is 0.252 e. The van der Waals surface area contributed by atoms with Gasteiger partial charge in [-0.2, -0.15) is 0 Å². The summed E-state index contributed by atoms with van der Waals surface area (Å²) in [4.78, 5) is 44.2. The van der Waals surface area contributed by atoms with Crippen LogP contribution < -0.4 is 15.1 Å². The molecule has 3 amide bonds. The molecule has 1 aliphatic rings. The number of fused-ring (bicyclic) bond motifs is 2. The molecule has 0 saturated heterocycles. The van der Waals surface area contributed by atoms with E-state index in [1.807, 2.05) is 51.1 Å². The maximum absolute atomic E-state index is 14.4. The summed E-state index contributed by atoms with van der Waals surface area (Å²) in [5, 5.41) is 5.20. The monoisotopic (exact) mass is 527 g/mol. The van der Waals surface area contributed by atoms with Gasteiger partial charge in [0, 0.05) is 12.8 Å². The summed E-state index contributed by atoms with van der Waals surface area (Å²) in [7, 11) is 0. The lowest BCUT2D eigenvalue weighted by Crippen LogP contribution is -2.58. The van der Waals surface area contributed by atoms with Crippen molar-refractivity contribution < 1.29 is 14.4 Å². The van der Waals surface area contributed by atoms with E-state index in [0.29, 0.717) is 24.3 Å². The van der Waals surface area contributed by atoms with Crippen LogP contribution in [0.1, 0.15) is 71.6 Å². The molecule has 0 aromatic heterocycles. The van der Waals surface area contributed by atoms with Gasteiger partial charge in [-0.05, 0) is 65.3 Å². The van der Waals surface area contributed by atoms with Crippen LogP contribution in [0, 0.1) is 12.8 Å². The number of amides is 3. The first-order valence-corrected chi connectivity index (χ1v) is 13.9. The van der Waals surface area contributed by atoms with E-state index in [4.69, 9.17) is 0 Å². The summed E-state index contributed by atoms with van der Waals surface area (Å²) in [5.41, 5.74) is 4.39. The van der Waals surface area contributed by atoms with E-state index in [1.54, 1.807) is 9.80 Å². The van der Waals surface area contributed by atoms with Crippen LogP contribution >= 0.6 is 0 Å². The topological polar surface area (TPSA) is 69.7 Å². The summed E-state index contributed by atoms with van der Waals surface area (Å²) >= 11 is 0. The SMILES string of the molecule is CC[C@H](C)C(=O)NC1C(=O)N(Cc2c(C)ccc3ccccc23)c2ccc(C(C)(C)C)cc2N(C(C)=O)[C@H]1C.